The van der Waals surface area contributed by atoms with Crippen LogP contribution in [0.4, 0.5) is 0 Å². The first kappa shape index (κ1) is 19.7. The van der Waals surface area contributed by atoms with Gasteiger partial charge in [0.2, 0.25) is 5.79 Å². The quantitative estimate of drug-likeness (QED) is 0.439. The Balaban J connectivity index is 1.79. The SMILES string of the molecule is C=C1C(=O)[C@@]23C(O)[C@@H]1CC[C@@H]2[C@]12CO[C@]3(O)[C@@H](O)[C@H]1C(C)(C)CC[C@@H]2OC(C)=O. The Kier molecular flexibility index (Phi) is 3.73. The summed E-state index contributed by atoms with van der Waals surface area (Å²) >= 11 is 0. The highest BCUT2D eigenvalue weighted by Gasteiger charge is 2.87. The normalized spacial score (nSPS) is 54.7. The van der Waals surface area contributed by atoms with E-state index in [0.29, 0.717) is 31.3 Å². The predicted octanol–water partition coefficient (Wildman–Crippen LogP) is 0.946. The van der Waals surface area contributed by atoms with E-state index >= 15 is 0 Å². The van der Waals surface area contributed by atoms with Gasteiger partial charge in [-0.15, -0.1) is 0 Å². The molecule has 6 fully saturated rings. The third kappa shape index (κ3) is 1.86. The zero-order valence-corrected chi connectivity index (χ0v) is 17.2. The van der Waals surface area contributed by atoms with Crippen LogP contribution in [0.5, 0.6) is 0 Å². The van der Waals surface area contributed by atoms with Crippen molar-refractivity contribution >= 4 is 11.8 Å². The van der Waals surface area contributed by atoms with Crippen molar-refractivity contribution in [1.29, 1.82) is 0 Å². The van der Waals surface area contributed by atoms with Crippen LogP contribution in [-0.2, 0) is 19.1 Å². The Hall–Kier alpha value is -1.28. The molecule has 4 saturated carbocycles. The summed E-state index contributed by atoms with van der Waals surface area (Å²) in [5.74, 6) is -4.38. The first-order chi connectivity index (χ1) is 13.5. The Labute approximate surface area is 170 Å². The third-order valence-corrected chi connectivity index (χ3v) is 9.16. The van der Waals surface area contributed by atoms with Crippen LogP contribution in [0.15, 0.2) is 12.2 Å². The molecule has 6 aliphatic rings. The van der Waals surface area contributed by atoms with Gasteiger partial charge in [0.15, 0.2) is 5.78 Å². The van der Waals surface area contributed by atoms with E-state index in [1.807, 2.05) is 13.8 Å². The first-order valence-corrected chi connectivity index (χ1v) is 10.6. The van der Waals surface area contributed by atoms with E-state index in [0.717, 1.165) is 0 Å². The summed E-state index contributed by atoms with van der Waals surface area (Å²) in [6.07, 6.45) is -0.674. The fourth-order valence-corrected chi connectivity index (χ4v) is 8.24. The molecule has 2 saturated heterocycles. The number of esters is 1. The maximum Gasteiger partial charge on any atom is 0.302 e. The van der Waals surface area contributed by atoms with Crippen LogP contribution >= 0.6 is 0 Å². The molecule has 0 aromatic rings. The molecule has 9 atom stereocenters. The number of carbonyl (C=O) groups excluding carboxylic acids is 2. The fourth-order valence-electron chi connectivity index (χ4n) is 8.24. The van der Waals surface area contributed by atoms with E-state index in [1.165, 1.54) is 6.92 Å². The number of rotatable bonds is 1. The molecule has 6 rings (SSSR count). The third-order valence-electron chi connectivity index (χ3n) is 9.16. The molecule has 4 aliphatic carbocycles. The summed E-state index contributed by atoms with van der Waals surface area (Å²) in [5.41, 5.74) is -2.60. The van der Waals surface area contributed by atoms with Crippen molar-refractivity contribution in [2.45, 2.75) is 70.6 Å². The van der Waals surface area contributed by atoms with Crippen molar-refractivity contribution < 1.29 is 34.4 Å². The second-order valence-corrected chi connectivity index (χ2v) is 10.5. The van der Waals surface area contributed by atoms with Gasteiger partial charge in [0.1, 0.15) is 17.6 Å². The van der Waals surface area contributed by atoms with Gasteiger partial charge in [-0.2, -0.15) is 0 Å². The Morgan fingerprint density at radius 2 is 1.90 bits per heavy atom. The van der Waals surface area contributed by atoms with Crippen molar-refractivity contribution in [2.24, 2.45) is 34.0 Å². The van der Waals surface area contributed by atoms with Gasteiger partial charge in [0.25, 0.3) is 0 Å². The highest BCUT2D eigenvalue weighted by atomic mass is 16.6. The zero-order chi connectivity index (χ0) is 21.1. The monoisotopic (exact) mass is 406 g/mol. The summed E-state index contributed by atoms with van der Waals surface area (Å²) in [6.45, 7) is 9.43. The number of carbonyl (C=O) groups is 2. The van der Waals surface area contributed by atoms with Crippen molar-refractivity contribution in [3.05, 3.63) is 12.2 Å². The van der Waals surface area contributed by atoms with Crippen LogP contribution in [0.3, 0.4) is 0 Å². The number of Topliss-reactive ketones (excluding diaryl/α,β-unsaturated/α-hetero) is 1. The van der Waals surface area contributed by atoms with E-state index in [1.54, 1.807) is 0 Å². The van der Waals surface area contributed by atoms with E-state index < -0.39 is 64.4 Å². The second-order valence-electron chi connectivity index (χ2n) is 10.5. The lowest BCUT2D eigenvalue weighted by atomic mass is 9.35. The largest absolute Gasteiger partial charge is 0.462 e. The molecular formula is C22H30O7. The number of hydrogen-bond donors (Lipinski definition) is 3. The highest BCUT2D eigenvalue weighted by Crippen LogP contribution is 2.76. The maximum absolute atomic E-state index is 13.5. The topological polar surface area (TPSA) is 113 Å². The van der Waals surface area contributed by atoms with E-state index in [9.17, 15) is 24.9 Å². The van der Waals surface area contributed by atoms with Gasteiger partial charge in [0.05, 0.1) is 12.7 Å². The highest BCUT2D eigenvalue weighted by molar-refractivity contribution is 6.05. The van der Waals surface area contributed by atoms with Crippen LogP contribution in [-0.4, -0.2) is 57.8 Å². The van der Waals surface area contributed by atoms with Gasteiger partial charge in [-0.05, 0) is 42.6 Å². The van der Waals surface area contributed by atoms with Crippen LogP contribution < -0.4 is 0 Å². The fraction of sp³-hybridized carbons (Fsp3) is 0.818. The Morgan fingerprint density at radius 1 is 1.21 bits per heavy atom. The van der Waals surface area contributed by atoms with Gasteiger partial charge in [-0.1, -0.05) is 20.4 Å². The molecule has 2 aliphatic heterocycles. The summed E-state index contributed by atoms with van der Waals surface area (Å²) in [5, 5.41) is 34.5. The lowest BCUT2D eigenvalue weighted by Crippen LogP contribution is -2.85. The molecule has 160 valence electrons. The van der Waals surface area contributed by atoms with Crippen molar-refractivity contribution in [3.63, 3.8) is 0 Å². The number of ketones is 1. The van der Waals surface area contributed by atoms with E-state index in [-0.39, 0.29) is 12.0 Å². The number of ether oxygens (including phenoxy) is 2. The summed E-state index contributed by atoms with van der Waals surface area (Å²) in [6, 6.07) is 0. The average Bonchev–Trinajstić information content (AvgIpc) is 2.74. The van der Waals surface area contributed by atoms with Crippen molar-refractivity contribution in [1.82, 2.24) is 0 Å². The molecule has 1 unspecified atom stereocenters. The maximum atomic E-state index is 13.5. The van der Waals surface area contributed by atoms with Gasteiger partial charge < -0.3 is 24.8 Å². The first-order valence-electron chi connectivity index (χ1n) is 10.6. The molecule has 7 nitrogen and oxygen atoms in total. The molecule has 0 aromatic carbocycles. The molecule has 0 radical (unpaired) electrons. The van der Waals surface area contributed by atoms with Crippen LogP contribution in [0, 0.1) is 34.0 Å². The predicted molar refractivity (Wildman–Crippen MR) is 100 cm³/mol. The molecule has 2 heterocycles. The molecule has 7 heteroatoms. The number of hydrogen-bond acceptors (Lipinski definition) is 7. The van der Waals surface area contributed by atoms with Gasteiger partial charge >= 0.3 is 5.97 Å². The summed E-state index contributed by atoms with van der Waals surface area (Å²) < 4.78 is 11.7. The van der Waals surface area contributed by atoms with E-state index in [2.05, 4.69) is 6.58 Å². The summed E-state index contributed by atoms with van der Waals surface area (Å²) in [7, 11) is 0. The molecular weight excluding hydrogens is 376 g/mol. The van der Waals surface area contributed by atoms with E-state index in [4.69, 9.17) is 9.47 Å². The number of aliphatic hydroxyl groups excluding tert-OH is 2. The minimum absolute atomic E-state index is 0.0795. The smallest absolute Gasteiger partial charge is 0.302 e. The number of fused-ring (bicyclic) bond motifs is 2. The van der Waals surface area contributed by atoms with Gasteiger partial charge in [-0.3, -0.25) is 9.59 Å². The average molecular weight is 406 g/mol. The lowest BCUT2D eigenvalue weighted by Gasteiger charge is -2.74. The lowest BCUT2D eigenvalue weighted by molar-refractivity contribution is -0.458. The molecule has 3 N–H and O–H groups in total. The molecule has 0 aromatic heterocycles. The zero-order valence-electron chi connectivity index (χ0n) is 17.2. The molecule has 4 bridgehead atoms. The van der Waals surface area contributed by atoms with Gasteiger partial charge in [-0.25, -0.2) is 0 Å². The minimum Gasteiger partial charge on any atom is -0.462 e. The van der Waals surface area contributed by atoms with Gasteiger partial charge in [0, 0.05) is 24.2 Å². The van der Waals surface area contributed by atoms with Crippen LogP contribution in [0.1, 0.15) is 46.5 Å². The molecule has 29 heavy (non-hydrogen) atoms. The second kappa shape index (κ2) is 5.49. The van der Waals surface area contributed by atoms with Crippen molar-refractivity contribution in [2.75, 3.05) is 6.61 Å². The molecule has 2 spiro atoms. The Morgan fingerprint density at radius 3 is 2.55 bits per heavy atom. The van der Waals surface area contributed by atoms with Crippen molar-refractivity contribution in [3.8, 4) is 0 Å². The van der Waals surface area contributed by atoms with Crippen LogP contribution in [0.25, 0.3) is 0 Å². The minimum atomic E-state index is -2.19. The summed E-state index contributed by atoms with van der Waals surface area (Å²) in [4.78, 5) is 25.5. The van der Waals surface area contributed by atoms with Crippen LogP contribution in [0.2, 0.25) is 0 Å². The standard InChI is InChI=1S/C22H30O7/c1-10-12-5-6-13-20-9-28-22(27,21(13,16(10)24)17(12)25)18(26)15(20)19(3,4)8-7-14(20)29-11(2)23/h12-15,17-18,25-27H,1,5-9H2,2-4H3/t12-,13-,14+,15+,17?,18+,20+,21-,22-/m1/s1. The Bertz CT molecular complexity index is 820. The molecule has 0 amide bonds. The number of aliphatic hydroxyl groups is 3.